The van der Waals surface area contributed by atoms with Gasteiger partial charge in [0, 0.05) is 30.6 Å². The number of nitrogen functional groups attached to an aromatic ring is 1. The number of carbonyl (C=O) groups excluding carboxylic acids is 1. The number of halogens is 2. The number of nitrogens with two attached hydrogens (primary N) is 1. The van der Waals surface area contributed by atoms with Gasteiger partial charge >= 0.3 is 6.03 Å². The number of urea groups is 1. The molecule has 2 heterocycles. The van der Waals surface area contributed by atoms with Gasteiger partial charge in [-0.15, -0.1) is 0 Å². The van der Waals surface area contributed by atoms with Crippen molar-refractivity contribution in [1.29, 1.82) is 0 Å². The Morgan fingerprint density at radius 1 is 1.06 bits per heavy atom. The first-order valence-corrected chi connectivity index (χ1v) is 12.3. The minimum Gasteiger partial charge on any atom is -0.382 e. The number of aryl methyl sites for hydroxylation is 2. The molecule has 34 heavy (non-hydrogen) atoms. The van der Waals surface area contributed by atoms with Crippen molar-refractivity contribution in [2.75, 3.05) is 17.6 Å². The molecule has 7 nitrogen and oxygen atoms in total. The SMILES string of the molecule is CCCCc1nc2c(N)nc3ccccc3c2n1CCCCNC(=O)Nc1ccc(Cl)c(Cl)c1. The van der Waals surface area contributed by atoms with E-state index >= 15 is 0 Å². The highest BCUT2D eigenvalue weighted by molar-refractivity contribution is 6.42. The molecule has 0 saturated carbocycles. The number of imidazole rings is 1. The van der Waals surface area contributed by atoms with E-state index in [-0.39, 0.29) is 6.03 Å². The number of unbranched alkanes of at least 4 members (excludes halogenated alkanes) is 2. The molecule has 2 aromatic carbocycles. The third-order valence-corrected chi connectivity index (χ3v) is 6.45. The Bertz CT molecular complexity index is 1320. The van der Waals surface area contributed by atoms with Gasteiger partial charge in [-0.2, -0.15) is 0 Å². The quantitative estimate of drug-likeness (QED) is 0.232. The summed E-state index contributed by atoms with van der Waals surface area (Å²) in [5, 5.41) is 7.56. The lowest BCUT2D eigenvalue weighted by atomic mass is 10.2. The van der Waals surface area contributed by atoms with E-state index in [9.17, 15) is 4.79 Å². The third-order valence-electron chi connectivity index (χ3n) is 5.71. The molecule has 2 amide bonds. The van der Waals surface area contributed by atoms with Crippen LogP contribution in [0, 0.1) is 0 Å². The maximum Gasteiger partial charge on any atom is 0.319 e. The smallest absolute Gasteiger partial charge is 0.319 e. The summed E-state index contributed by atoms with van der Waals surface area (Å²) < 4.78 is 2.28. The van der Waals surface area contributed by atoms with Gasteiger partial charge in [-0.3, -0.25) is 0 Å². The monoisotopic (exact) mass is 498 g/mol. The minimum absolute atomic E-state index is 0.278. The summed E-state index contributed by atoms with van der Waals surface area (Å²) >= 11 is 11.9. The number of hydrogen-bond donors (Lipinski definition) is 3. The molecule has 0 radical (unpaired) electrons. The maximum atomic E-state index is 12.2. The van der Waals surface area contributed by atoms with Crippen molar-refractivity contribution < 1.29 is 4.79 Å². The Labute approximate surface area is 208 Å². The molecule has 9 heteroatoms. The first-order chi connectivity index (χ1) is 16.5. The van der Waals surface area contributed by atoms with Crippen LogP contribution < -0.4 is 16.4 Å². The molecule has 0 aliphatic rings. The van der Waals surface area contributed by atoms with E-state index in [1.807, 2.05) is 18.2 Å². The van der Waals surface area contributed by atoms with Crippen molar-refractivity contribution in [2.24, 2.45) is 0 Å². The van der Waals surface area contributed by atoms with Gasteiger partial charge in [0.05, 0.1) is 21.1 Å². The number of pyridine rings is 1. The van der Waals surface area contributed by atoms with Crippen molar-refractivity contribution in [2.45, 2.75) is 45.6 Å². The fraction of sp³-hybridized carbons (Fsp3) is 0.320. The molecule has 0 bridgehead atoms. The predicted octanol–water partition coefficient (Wildman–Crippen LogP) is 6.42. The van der Waals surface area contributed by atoms with Crippen LogP contribution in [0.1, 0.15) is 38.4 Å². The second kappa shape index (κ2) is 10.9. The van der Waals surface area contributed by atoms with E-state index in [1.54, 1.807) is 18.2 Å². The van der Waals surface area contributed by atoms with E-state index in [2.05, 4.69) is 33.2 Å². The molecule has 4 rings (SSSR count). The fourth-order valence-corrected chi connectivity index (χ4v) is 4.32. The number of nitrogens with one attached hydrogen (secondary N) is 2. The molecular formula is C25H28Cl2N6O. The lowest BCUT2D eigenvalue weighted by molar-refractivity contribution is 0.252. The summed E-state index contributed by atoms with van der Waals surface area (Å²) in [5.41, 5.74) is 9.54. The van der Waals surface area contributed by atoms with Crippen LogP contribution in [0.4, 0.5) is 16.3 Å². The summed E-state index contributed by atoms with van der Waals surface area (Å²) in [6.07, 6.45) is 4.75. The lowest BCUT2D eigenvalue weighted by Crippen LogP contribution is -2.29. The number of amides is 2. The molecule has 0 atom stereocenters. The third kappa shape index (κ3) is 5.37. The van der Waals surface area contributed by atoms with Gasteiger partial charge in [0.25, 0.3) is 0 Å². The average Bonchev–Trinajstić information content (AvgIpc) is 3.19. The van der Waals surface area contributed by atoms with Gasteiger partial charge < -0.3 is 20.9 Å². The normalized spacial score (nSPS) is 11.3. The van der Waals surface area contributed by atoms with Gasteiger partial charge in [-0.05, 0) is 43.5 Å². The van der Waals surface area contributed by atoms with Crippen LogP contribution in [0.5, 0.6) is 0 Å². The molecule has 4 aromatic rings. The Kier molecular flexibility index (Phi) is 7.75. The molecular weight excluding hydrogens is 471 g/mol. The van der Waals surface area contributed by atoms with E-state index in [1.165, 1.54) is 0 Å². The second-order valence-electron chi connectivity index (χ2n) is 8.21. The van der Waals surface area contributed by atoms with Crippen LogP contribution in [0.25, 0.3) is 21.9 Å². The first-order valence-electron chi connectivity index (χ1n) is 11.5. The van der Waals surface area contributed by atoms with Crippen molar-refractivity contribution in [3.63, 3.8) is 0 Å². The van der Waals surface area contributed by atoms with Crippen LogP contribution in [0.15, 0.2) is 42.5 Å². The highest BCUT2D eigenvalue weighted by Crippen LogP contribution is 2.29. The van der Waals surface area contributed by atoms with Gasteiger partial charge in [-0.25, -0.2) is 14.8 Å². The number of carbonyl (C=O) groups is 1. The molecule has 4 N–H and O–H groups in total. The summed E-state index contributed by atoms with van der Waals surface area (Å²) in [6.45, 7) is 3.51. The number of fused-ring (bicyclic) bond motifs is 3. The van der Waals surface area contributed by atoms with Gasteiger partial charge in [0.15, 0.2) is 5.82 Å². The lowest BCUT2D eigenvalue weighted by Gasteiger charge is -2.12. The molecule has 0 spiro atoms. The van der Waals surface area contributed by atoms with Crippen LogP contribution in [-0.2, 0) is 13.0 Å². The number of benzene rings is 2. The number of rotatable bonds is 9. The van der Waals surface area contributed by atoms with Crippen molar-refractivity contribution in [1.82, 2.24) is 19.9 Å². The number of nitrogens with zero attached hydrogens (tertiary/aromatic N) is 3. The topological polar surface area (TPSA) is 97.9 Å². The van der Waals surface area contributed by atoms with Crippen LogP contribution in [-0.4, -0.2) is 27.1 Å². The van der Waals surface area contributed by atoms with Crippen molar-refractivity contribution in [3.8, 4) is 0 Å². The summed E-state index contributed by atoms with van der Waals surface area (Å²) in [5.74, 6) is 1.50. The number of anilines is 2. The zero-order valence-corrected chi connectivity index (χ0v) is 20.6. The molecule has 0 saturated heterocycles. The Balaban J connectivity index is 1.42. The minimum atomic E-state index is -0.278. The zero-order chi connectivity index (χ0) is 24.1. The van der Waals surface area contributed by atoms with Gasteiger partial charge in [-0.1, -0.05) is 54.7 Å². The van der Waals surface area contributed by atoms with Gasteiger partial charge in [0.1, 0.15) is 11.3 Å². The van der Waals surface area contributed by atoms with E-state index in [4.69, 9.17) is 33.9 Å². The predicted molar refractivity (Wildman–Crippen MR) is 141 cm³/mol. The first kappa shape index (κ1) is 24.1. The largest absolute Gasteiger partial charge is 0.382 e. The molecule has 178 valence electrons. The highest BCUT2D eigenvalue weighted by atomic mass is 35.5. The van der Waals surface area contributed by atoms with E-state index < -0.39 is 0 Å². The van der Waals surface area contributed by atoms with Gasteiger partial charge in [0.2, 0.25) is 0 Å². The van der Waals surface area contributed by atoms with Crippen LogP contribution in [0.2, 0.25) is 10.0 Å². The zero-order valence-electron chi connectivity index (χ0n) is 19.1. The van der Waals surface area contributed by atoms with Crippen LogP contribution in [0.3, 0.4) is 0 Å². The average molecular weight is 499 g/mol. The summed E-state index contributed by atoms with van der Waals surface area (Å²) in [4.78, 5) is 21.6. The molecule has 0 fully saturated rings. The summed E-state index contributed by atoms with van der Waals surface area (Å²) in [6, 6.07) is 12.7. The number of hydrogen-bond acceptors (Lipinski definition) is 4. The fourth-order valence-electron chi connectivity index (χ4n) is 4.02. The summed E-state index contributed by atoms with van der Waals surface area (Å²) in [7, 11) is 0. The second-order valence-corrected chi connectivity index (χ2v) is 9.03. The highest BCUT2D eigenvalue weighted by Gasteiger charge is 2.16. The number of para-hydroxylation sites is 1. The maximum absolute atomic E-state index is 12.2. The standard InChI is InChI=1S/C25H28Cl2N6O/c1-2-3-10-21-32-22-23(17-8-4-5-9-20(17)31-24(22)28)33(21)14-7-6-13-29-25(34)30-16-11-12-18(26)19(27)15-16/h4-5,8-9,11-12,15H,2-3,6-7,10,13-14H2,1H3,(H2,28,31)(H2,29,30,34). The Morgan fingerprint density at radius 2 is 1.88 bits per heavy atom. The molecule has 0 aliphatic heterocycles. The van der Waals surface area contributed by atoms with Crippen LogP contribution >= 0.6 is 23.2 Å². The molecule has 0 unspecified atom stereocenters. The Hall–Kier alpha value is -3.03. The Morgan fingerprint density at radius 3 is 2.68 bits per heavy atom. The van der Waals surface area contributed by atoms with Crippen molar-refractivity contribution in [3.05, 3.63) is 58.3 Å². The molecule has 2 aromatic heterocycles. The van der Waals surface area contributed by atoms with E-state index in [0.717, 1.165) is 66.4 Å². The van der Waals surface area contributed by atoms with E-state index in [0.29, 0.717) is 28.1 Å². The van der Waals surface area contributed by atoms with Crippen molar-refractivity contribution >= 4 is 62.7 Å². The molecule has 0 aliphatic carbocycles. The number of aromatic nitrogens is 3.